The van der Waals surface area contributed by atoms with Crippen LogP contribution in [-0.2, 0) is 19.4 Å². The molecular weight excluding hydrogens is 370 g/mol. The van der Waals surface area contributed by atoms with Crippen LogP contribution in [0.3, 0.4) is 0 Å². The second-order valence-electron chi connectivity index (χ2n) is 7.70. The molecule has 0 atom stereocenters. The number of amides is 1. The van der Waals surface area contributed by atoms with E-state index >= 15 is 0 Å². The van der Waals surface area contributed by atoms with Crippen LogP contribution in [-0.4, -0.2) is 43.8 Å². The minimum Gasteiger partial charge on any atom is -0.350 e. The second-order valence-corrected chi connectivity index (χ2v) is 7.70. The number of likely N-dealkylation sites (tertiary alicyclic amines) is 1. The molecule has 0 spiro atoms. The van der Waals surface area contributed by atoms with Gasteiger partial charge in [0, 0.05) is 48.6 Å². The number of hydrogen-bond acceptors (Lipinski definition) is 6. The van der Waals surface area contributed by atoms with Crippen molar-refractivity contribution in [1.29, 1.82) is 0 Å². The lowest BCUT2D eigenvalue weighted by Gasteiger charge is -2.38. The van der Waals surface area contributed by atoms with Crippen LogP contribution in [0.1, 0.15) is 34.7 Å². The molecule has 1 aliphatic heterocycles. The molecule has 4 heterocycles. The average molecular weight is 391 g/mol. The van der Waals surface area contributed by atoms with Crippen LogP contribution in [0.15, 0.2) is 46.0 Å². The molecule has 1 saturated heterocycles. The van der Waals surface area contributed by atoms with Crippen LogP contribution in [0, 0.1) is 5.92 Å². The standard InChI is InChI=1S/C21H21N5O3/c27-19-6-5-17(15-7-9-22-10-8-15)23-26(19)13-14-11-25(12-14)21(28)20-16-3-1-2-4-18(16)24-29-20/h5-10,14H,1-4,11-13H2. The number of hydrogen-bond donors (Lipinski definition) is 0. The van der Waals surface area contributed by atoms with E-state index in [1.807, 2.05) is 12.1 Å². The summed E-state index contributed by atoms with van der Waals surface area (Å²) >= 11 is 0. The molecular formula is C21H21N5O3. The lowest BCUT2D eigenvalue weighted by molar-refractivity contribution is 0.0417. The topological polar surface area (TPSA) is 94.1 Å². The summed E-state index contributed by atoms with van der Waals surface area (Å²) in [6, 6.07) is 6.97. The van der Waals surface area contributed by atoms with Crippen LogP contribution in [0.2, 0.25) is 0 Å². The van der Waals surface area contributed by atoms with E-state index in [4.69, 9.17) is 4.52 Å². The molecule has 2 aliphatic rings. The van der Waals surface area contributed by atoms with E-state index in [2.05, 4.69) is 15.2 Å². The first kappa shape index (κ1) is 17.8. The maximum Gasteiger partial charge on any atom is 0.292 e. The molecule has 0 N–H and O–H groups in total. The Kier molecular flexibility index (Phi) is 4.46. The highest BCUT2D eigenvalue weighted by molar-refractivity contribution is 5.93. The Labute approximate surface area is 167 Å². The Balaban J connectivity index is 1.26. The van der Waals surface area contributed by atoms with Gasteiger partial charge in [0.15, 0.2) is 0 Å². The van der Waals surface area contributed by atoms with Crippen LogP contribution in [0.25, 0.3) is 11.3 Å². The van der Waals surface area contributed by atoms with Gasteiger partial charge in [-0.2, -0.15) is 5.10 Å². The third-order valence-electron chi connectivity index (χ3n) is 5.67. The summed E-state index contributed by atoms with van der Waals surface area (Å²) in [7, 11) is 0. The summed E-state index contributed by atoms with van der Waals surface area (Å²) in [5.74, 6) is 0.492. The van der Waals surface area contributed by atoms with Crippen molar-refractivity contribution >= 4 is 5.91 Å². The Morgan fingerprint density at radius 2 is 1.90 bits per heavy atom. The maximum atomic E-state index is 12.8. The molecule has 8 heteroatoms. The molecule has 0 unspecified atom stereocenters. The molecule has 3 aromatic rings. The third-order valence-corrected chi connectivity index (χ3v) is 5.67. The quantitative estimate of drug-likeness (QED) is 0.675. The molecule has 0 aromatic carbocycles. The molecule has 0 radical (unpaired) electrons. The maximum absolute atomic E-state index is 12.8. The van der Waals surface area contributed by atoms with E-state index in [1.165, 1.54) is 10.7 Å². The highest BCUT2D eigenvalue weighted by Gasteiger charge is 2.35. The molecule has 1 aliphatic carbocycles. The largest absolute Gasteiger partial charge is 0.350 e. The Morgan fingerprint density at radius 1 is 1.10 bits per heavy atom. The van der Waals surface area contributed by atoms with E-state index in [0.717, 1.165) is 48.2 Å². The molecule has 8 nitrogen and oxygen atoms in total. The summed E-state index contributed by atoms with van der Waals surface area (Å²) in [6.07, 6.45) is 7.31. The molecule has 0 bridgehead atoms. The third kappa shape index (κ3) is 3.35. The number of carbonyl (C=O) groups excluding carboxylic acids is 1. The van der Waals surface area contributed by atoms with Crippen molar-refractivity contribution in [2.75, 3.05) is 13.1 Å². The molecule has 1 fully saturated rings. The van der Waals surface area contributed by atoms with E-state index < -0.39 is 0 Å². The fourth-order valence-corrected chi connectivity index (χ4v) is 4.05. The number of aromatic nitrogens is 4. The lowest BCUT2D eigenvalue weighted by atomic mass is 9.94. The van der Waals surface area contributed by atoms with Gasteiger partial charge in [0.1, 0.15) is 0 Å². The highest BCUT2D eigenvalue weighted by Crippen LogP contribution is 2.27. The van der Waals surface area contributed by atoms with Crippen LogP contribution in [0.4, 0.5) is 0 Å². The molecule has 5 rings (SSSR count). The highest BCUT2D eigenvalue weighted by atomic mass is 16.5. The number of nitrogens with zero attached hydrogens (tertiary/aromatic N) is 5. The van der Waals surface area contributed by atoms with E-state index in [0.29, 0.717) is 25.4 Å². The van der Waals surface area contributed by atoms with Gasteiger partial charge in [0.05, 0.1) is 17.9 Å². The predicted octanol–water partition coefficient (Wildman–Crippen LogP) is 1.94. The fraction of sp³-hybridized carbons (Fsp3) is 0.381. The van der Waals surface area contributed by atoms with Crippen LogP contribution >= 0.6 is 0 Å². The van der Waals surface area contributed by atoms with Gasteiger partial charge in [0.25, 0.3) is 11.5 Å². The summed E-state index contributed by atoms with van der Waals surface area (Å²) in [6.45, 7) is 1.65. The normalized spacial score (nSPS) is 16.3. The van der Waals surface area contributed by atoms with Gasteiger partial charge in [-0.25, -0.2) is 4.68 Å². The number of fused-ring (bicyclic) bond motifs is 1. The van der Waals surface area contributed by atoms with Gasteiger partial charge in [-0.3, -0.25) is 14.6 Å². The van der Waals surface area contributed by atoms with Crippen molar-refractivity contribution in [1.82, 2.24) is 24.8 Å². The van der Waals surface area contributed by atoms with Crippen molar-refractivity contribution in [3.63, 3.8) is 0 Å². The number of aryl methyl sites for hydroxylation is 1. The Bertz CT molecular complexity index is 1100. The van der Waals surface area contributed by atoms with Crippen molar-refractivity contribution < 1.29 is 9.32 Å². The van der Waals surface area contributed by atoms with Gasteiger partial charge in [-0.1, -0.05) is 5.16 Å². The first-order chi connectivity index (χ1) is 14.2. The first-order valence-electron chi connectivity index (χ1n) is 9.94. The summed E-state index contributed by atoms with van der Waals surface area (Å²) < 4.78 is 6.84. The number of rotatable bonds is 4. The first-order valence-corrected chi connectivity index (χ1v) is 9.94. The lowest BCUT2D eigenvalue weighted by Crippen LogP contribution is -2.52. The van der Waals surface area contributed by atoms with Crippen molar-refractivity contribution in [2.45, 2.75) is 32.2 Å². The molecule has 148 valence electrons. The van der Waals surface area contributed by atoms with Gasteiger partial charge in [-0.05, 0) is 43.9 Å². The number of carbonyl (C=O) groups is 1. The molecule has 0 saturated carbocycles. The molecule has 3 aromatic heterocycles. The second kappa shape index (κ2) is 7.27. The molecule has 29 heavy (non-hydrogen) atoms. The van der Waals surface area contributed by atoms with Gasteiger partial charge < -0.3 is 9.42 Å². The predicted molar refractivity (Wildman–Crippen MR) is 104 cm³/mol. The SMILES string of the molecule is O=C(c1onc2c1CCCC2)N1CC(Cn2nc(-c3ccncc3)ccc2=O)C1. The van der Waals surface area contributed by atoms with Crippen molar-refractivity contribution in [3.05, 3.63) is 64.0 Å². The van der Waals surface area contributed by atoms with Gasteiger partial charge >= 0.3 is 0 Å². The smallest absolute Gasteiger partial charge is 0.292 e. The van der Waals surface area contributed by atoms with Gasteiger partial charge in [-0.15, -0.1) is 0 Å². The monoisotopic (exact) mass is 391 g/mol. The minimum atomic E-state index is -0.142. The summed E-state index contributed by atoms with van der Waals surface area (Å²) in [5, 5.41) is 8.56. The van der Waals surface area contributed by atoms with Gasteiger partial charge in [0.2, 0.25) is 5.76 Å². The van der Waals surface area contributed by atoms with Crippen LogP contribution < -0.4 is 5.56 Å². The Hall–Kier alpha value is -3.29. The zero-order valence-electron chi connectivity index (χ0n) is 16.0. The van der Waals surface area contributed by atoms with E-state index in [9.17, 15) is 9.59 Å². The van der Waals surface area contributed by atoms with E-state index in [-0.39, 0.29) is 17.4 Å². The van der Waals surface area contributed by atoms with Crippen molar-refractivity contribution in [2.24, 2.45) is 5.92 Å². The van der Waals surface area contributed by atoms with E-state index in [1.54, 1.807) is 23.4 Å². The fourth-order valence-electron chi connectivity index (χ4n) is 4.05. The summed E-state index contributed by atoms with van der Waals surface area (Å²) in [5.41, 5.74) is 3.41. The summed E-state index contributed by atoms with van der Waals surface area (Å²) in [4.78, 5) is 30.8. The zero-order chi connectivity index (χ0) is 19.8. The number of pyridine rings is 1. The van der Waals surface area contributed by atoms with Crippen molar-refractivity contribution in [3.8, 4) is 11.3 Å². The molecule has 1 amide bonds. The van der Waals surface area contributed by atoms with Crippen LogP contribution in [0.5, 0.6) is 0 Å². The minimum absolute atomic E-state index is 0.0947. The Morgan fingerprint density at radius 3 is 2.72 bits per heavy atom. The zero-order valence-corrected chi connectivity index (χ0v) is 16.0. The average Bonchev–Trinajstić information content (AvgIpc) is 3.16.